The number of thiophene rings is 1. The first-order chi connectivity index (χ1) is 11.7. The maximum Gasteiger partial charge on any atom is 0.228 e. The van der Waals surface area contributed by atoms with Crippen LogP contribution in [0.15, 0.2) is 36.4 Å². The molecule has 1 aromatic carbocycles. The molecule has 3 rings (SSSR count). The van der Waals surface area contributed by atoms with Gasteiger partial charge in [0.2, 0.25) is 5.95 Å². The Morgan fingerprint density at radius 2 is 1.88 bits per heavy atom. The molecule has 1 N–H and O–H groups in total. The molecule has 2 heterocycles. The summed E-state index contributed by atoms with van der Waals surface area (Å²) in [4.78, 5) is 13.8. The lowest BCUT2D eigenvalue weighted by Gasteiger charge is -2.13. The average Bonchev–Trinajstić information content (AvgIpc) is 2.98. The van der Waals surface area contributed by atoms with Crippen LogP contribution in [0.5, 0.6) is 0 Å². The van der Waals surface area contributed by atoms with Crippen LogP contribution >= 0.6 is 11.3 Å². The Morgan fingerprint density at radius 3 is 2.58 bits per heavy atom. The van der Waals surface area contributed by atoms with Gasteiger partial charge in [0, 0.05) is 25.5 Å². The molecule has 0 radical (unpaired) electrons. The van der Waals surface area contributed by atoms with E-state index in [2.05, 4.69) is 48.6 Å². The predicted octanol–water partition coefficient (Wildman–Crippen LogP) is 4.36. The molecule has 0 unspecified atom stereocenters. The standard InChI is InChI=1S/C19H24N4S/c1-4-8-15-13-16-17(20-12-11-14-9-6-5-7-10-14)21-19(23(2)3)22-18(16)24-15/h5-7,9-10,13H,4,8,11-12H2,1-3H3,(H,20,21,22). The van der Waals surface area contributed by atoms with Gasteiger partial charge in [0.1, 0.15) is 10.6 Å². The molecule has 5 heteroatoms. The van der Waals surface area contributed by atoms with Crippen LogP contribution in [0.1, 0.15) is 23.8 Å². The molecule has 3 aromatic rings. The molecular formula is C19H24N4S. The largest absolute Gasteiger partial charge is 0.369 e. The summed E-state index contributed by atoms with van der Waals surface area (Å²) >= 11 is 1.78. The van der Waals surface area contributed by atoms with Crippen LogP contribution in [-0.4, -0.2) is 30.6 Å². The topological polar surface area (TPSA) is 41.1 Å². The fraction of sp³-hybridized carbons (Fsp3) is 0.368. The van der Waals surface area contributed by atoms with Gasteiger partial charge in [-0.05, 0) is 24.5 Å². The third-order valence-electron chi connectivity index (χ3n) is 3.88. The number of nitrogens with zero attached hydrogens (tertiary/aromatic N) is 3. The Kier molecular flexibility index (Phi) is 5.30. The van der Waals surface area contributed by atoms with Crippen molar-refractivity contribution in [3.05, 3.63) is 46.8 Å². The minimum Gasteiger partial charge on any atom is -0.369 e. The van der Waals surface area contributed by atoms with Crippen molar-refractivity contribution in [3.63, 3.8) is 0 Å². The van der Waals surface area contributed by atoms with Crippen LogP contribution in [0.25, 0.3) is 10.2 Å². The molecule has 0 aliphatic heterocycles. The van der Waals surface area contributed by atoms with Crippen LogP contribution in [0, 0.1) is 0 Å². The molecule has 0 aliphatic carbocycles. The van der Waals surface area contributed by atoms with E-state index in [4.69, 9.17) is 9.97 Å². The molecule has 0 saturated heterocycles. The van der Waals surface area contributed by atoms with Gasteiger partial charge in [0.05, 0.1) is 5.39 Å². The summed E-state index contributed by atoms with van der Waals surface area (Å²) in [5.41, 5.74) is 1.33. The lowest BCUT2D eigenvalue weighted by Crippen LogP contribution is -2.14. The van der Waals surface area contributed by atoms with Crippen molar-refractivity contribution in [2.24, 2.45) is 0 Å². The van der Waals surface area contributed by atoms with E-state index in [1.165, 1.54) is 10.4 Å². The van der Waals surface area contributed by atoms with Crippen LogP contribution < -0.4 is 10.2 Å². The van der Waals surface area contributed by atoms with Crippen molar-refractivity contribution < 1.29 is 0 Å². The Labute approximate surface area is 147 Å². The zero-order valence-electron chi connectivity index (χ0n) is 14.5. The van der Waals surface area contributed by atoms with Crippen molar-refractivity contribution in [1.82, 2.24) is 9.97 Å². The Hall–Kier alpha value is -2.14. The molecule has 2 aromatic heterocycles. The van der Waals surface area contributed by atoms with E-state index in [0.29, 0.717) is 0 Å². The third-order valence-corrected chi connectivity index (χ3v) is 4.97. The molecule has 0 fully saturated rings. The number of benzene rings is 1. The Balaban J connectivity index is 1.83. The highest BCUT2D eigenvalue weighted by atomic mass is 32.1. The first-order valence-electron chi connectivity index (χ1n) is 8.43. The van der Waals surface area contributed by atoms with Crippen molar-refractivity contribution in [2.45, 2.75) is 26.2 Å². The van der Waals surface area contributed by atoms with Gasteiger partial charge in [0.15, 0.2) is 0 Å². The maximum absolute atomic E-state index is 4.72. The van der Waals surface area contributed by atoms with Gasteiger partial charge in [-0.2, -0.15) is 4.98 Å². The molecule has 0 spiro atoms. The molecular weight excluding hydrogens is 316 g/mol. The summed E-state index contributed by atoms with van der Waals surface area (Å²) < 4.78 is 0. The van der Waals surface area contributed by atoms with Crippen LogP contribution in [-0.2, 0) is 12.8 Å². The van der Waals surface area contributed by atoms with E-state index in [1.54, 1.807) is 11.3 Å². The van der Waals surface area contributed by atoms with E-state index in [1.807, 2.05) is 19.0 Å². The lowest BCUT2D eigenvalue weighted by atomic mass is 10.1. The average molecular weight is 340 g/mol. The molecule has 0 atom stereocenters. The van der Waals surface area contributed by atoms with Crippen LogP contribution in [0.3, 0.4) is 0 Å². The number of hydrogen-bond donors (Lipinski definition) is 1. The molecule has 126 valence electrons. The quantitative estimate of drug-likeness (QED) is 0.693. The number of aromatic nitrogens is 2. The predicted molar refractivity (Wildman–Crippen MR) is 104 cm³/mol. The number of rotatable bonds is 7. The number of anilines is 2. The molecule has 4 nitrogen and oxygen atoms in total. The van der Waals surface area contributed by atoms with Gasteiger partial charge in [0.25, 0.3) is 0 Å². The summed E-state index contributed by atoms with van der Waals surface area (Å²) in [6.07, 6.45) is 3.23. The summed E-state index contributed by atoms with van der Waals surface area (Å²) in [5, 5.41) is 4.66. The van der Waals surface area contributed by atoms with Gasteiger partial charge in [-0.25, -0.2) is 4.98 Å². The lowest BCUT2D eigenvalue weighted by molar-refractivity contribution is 0.940. The van der Waals surface area contributed by atoms with E-state index >= 15 is 0 Å². The highest BCUT2D eigenvalue weighted by molar-refractivity contribution is 7.18. The normalized spacial score (nSPS) is 11.0. The maximum atomic E-state index is 4.72. The second-order valence-electron chi connectivity index (χ2n) is 6.11. The Bertz CT molecular complexity index is 796. The highest BCUT2D eigenvalue weighted by Gasteiger charge is 2.12. The van der Waals surface area contributed by atoms with E-state index in [0.717, 1.165) is 47.8 Å². The summed E-state index contributed by atoms with van der Waals surface area (Å²) in [6.45, 7) is 3.07. The van der Waals surface area contributed by atoms with E-state index < -0.39 is 0 Å². The fourth-order valence-corrected chi connectivity index (χ4v) is 3.76. The second kappa shape index (κ2) is 7.62. The molecule has 0 saturated carbocycles. The highest BCUT2D eigenvalue weighted by Crippen LogP contribution is 2.31. The monoisotopic (exact) mass is 340 g/mol. The van der Waals surface area contributed by atoms with Crippen molar-refractivity contribution in [1.29, 1.82) is 0 Å². The zero-order chi connectivity index (χ0) is 16.9. The van der Waals surface area contributed by atoms with Gasteiger partial charge >= 0.3 is 0 Å². The van der Waals surface area contributed by atoms with Gasteiger partial charge in [-0.3, -0.25) is 0 Å². The minimum absolute atomic E-state index is 0.759. The number of aryl methyl sites for hydroxylation is 1. The number of hydrogen-bond acceptors (Lipinski definition) is 5. The van der Waals surface area contributed by atoms with Crippen LogP contribution in [0.4, 0.5) is 11.8 Å². The third kappa shape index (κ3) is 3.85. The Morgan fingerprint density at radius 1 is 1.08 bits per heavy atom. The first-order valence-corrected chi connectivity index (χ1v) is 9.24. The smallest absolute Gasteiger partial charge is 0.228 e. The molecule has 0 bridgehead atoms. The van der Waals surface area contributed by atoms with Crippen LogP contribution in [0.2, 0.25) is 0 Å². The molecule has 0 aliphatic rings. The number of nitrogens with one attached hydrogen (secondary N) is 1. The summed E-state index contributed by atoms with van der Waals surface area (Å²) in [5.74, 6) is 1.70. The zero-order valence-corrected chi connectivity index (χ0v) is 15.4. The van der Waals surface area contributed by atoms with E-state index in [9.17, 15) is 0 Å². The van der Waals surface area contributed by atoms with Gasteiger partial charge < -0.3 is 10.2 Å². The SMILES string of the molecule is CCCc1cc2c(NCCc3ccccc3)nc(N(C)C)nc2s1. The fourth-order valence-electron chi connectivity index (χ4n) is 2.63. The summed E-state index contributed by atoms with van der Waals surface area (Å²) in [7, 11) is 3.96. The van der Waals surface area contributed by atoms with Crippen molar-refractivity contribution in [2.75, 3.05) is 30.9 Å². The second-order valence-corrected chi connectivity index (χ2v) is 7.23. The first kappa shape index (κ1) is 16.7. The van der Waals surface area contributed by atoms with Crippen molar-refractivity contribution in [3.8, 4) is 0 Å². The summed E-state index contributed by atoms with van der Waals surface area (Å²) in [6, 6.07) is 12.8. The number of fused-ring (bicyclic) bond motifs is 1. The van der Waals surface area contributed by atoms with Crippen molar-refractivity contribution >= 4 is 33.3 Å². The van der Waals surface area contributed by atoms with Gasteiger partial charge in [-0.15, -0.1) is 11.3 Å². The van der Waals surface area contributed by atoms with Gasteiger partial charge in [-0.1, -0.05) is 43.7 Å². The molecule has 0 amide bonds. The molecule has 24 heavy (non-hydrogen) atoms. The minimum atomic E-state index is 0.759. The van der Waals surface area contributed by atoms with E-state index in [-0.39, 0.29) is 0 Å².